The minimum atomic E-state index is -4.20. The molecule has 0 aliphatic rings. The number of pyridine rings is 1. The van der Waals surface area contributed by atoms with Crippen LogP contribution in [0.5, 0.6) is 0 Å². The Labute approximate surface area is 217 Å². The van der Waals surface area contributed by atoms with E-state index in [9.17, 15) is 28.1 Å². The standard InChI is InChI=1S/C21H15Cl2N5O6S2/c1-24-12-4-7-14-15(8-12)17(28(31)32)10-27(20(14)29)13-5-2-11(3-6-13)25-21(30)26-36(33,34)18-9-16(22)19(23)35-18/h2-10,24H,1H3,(H2,25,26,30). The summed E-state index contributed by atoms with van der Waals surface area (Å²) in [5.41, 5.74) is 0.377. The normalized spacial score (nSPS) is 11.3. The molecule has 0 unspecified atom stereocenters. The van der Waals surface area contributed by atoms with E-state index >= 15 is 0 Å². The molecule has 4 rings (SSSR count). The molecule has 2 aromatic carbocycles. The maximum atomic E-state index is 13.0. The number of hydrogen-bond donors (Lipinski definition) is 3. The highest BCUT2D eigenvalue weighted by molar-refractivity contribution is 7.92. The van der Waals surface area contributed by atoms with Crippen molar-refractivity contribution in [1.29, 1.82) is 0 Å². The Morgan fingerprint density at radius 2 is 1.72 bits per heavy atom. The summed E-state index contributed by atoms with van der Waals surface area (Å²) >= 11 is 12.2. The first-order valence-electron chi connectivity index (χ1n) is 9.91. The van der Waals surface area contributed by atoms with E-state index in [2.05, 4.69) is 10.6 Å². The second kappa shape index (κ2) is 9.78. The number of nitro groups is 1. The lowest BCUT2D eigenvalue weighted by atomic mass is 10.1. The number of carbonyl (C=O) groups excluding carboxylic acids is 1. The Kier molecular flexibility index (Phi) is 6.91. The monoisotopic (exact) mass is 567 g/mol. The van der Waals surface area contributed by atoms with Gasteiger partial charge in [0.2, 0.25) is 0 Å². The molecule has 0 fully saturated rings. The zero-order chi connectivity index (χ0) is 26.2. The molecule has 3 N–H and O–H groups in total. The van der Waals surface area contributed by atoms with Crippen LogP contribution in [0.3, 0.4) is 0 Å². The molecule has 0 spiro atoms. The van der Waals surface area contributed by atoms with Crippen LogP contribution < -0.4 is 20.9 Å². The highest BCUT2D eigenvalue weighted by Crippen LogP contribution is 2.34. The van der Waals surface area contributed by atoms with Gasteiger partial charge in [0.15, 0.2) is 0 Å². The topological polar surface area (TPSA) is 152 Å². The van der Waals surface area contributed by atoms with Crippen molar-refractivity contribution in [3.63, 3.8) is 0 Å². The number of carbonyl (C=O) groups is 1. The van der Waals surface area contributed by atoms with Gasteiger partial charge >= 0.3 is 6.03 Å². The zero-order valence-electron chi connectivity index (χ0n) is 18.1. The number of urea groups is 1. The molecule has 0 bridgehead atoms. The van der Waals surface area contributed by atoms with Gasteiger partial charge in [-0.2, -0.15) is 0 Å². The number of nitrogens with one attached hydrogen (secondary N) is 3. The van der Waals surface area contributed by atoms with Crippen LogP contribution in [0.15, 0.2) is 63.7 Å². The smallest absolute Gasteiger partial charge is 0.333 e. The van der Waals surface area contributed by atoms with Crippen molar-refractivity contribution in [2.75, 3.05) is 17.7 Å². The first-order valence-corrected chi connectivity index (χ1v) is 13.0. The Morgan fingerprint density at radius 3 is 2.31 bits per heavy atom. The summed E-state index contributed by atoms with van der Waals surface area (Å²) in [5.74, 6) is 0. The average molecular weight is 568 g/mol. The summed E-state index contributed by atoms with van der Waals surface area (Å²) in [7, 11) is -2.54. The van der Waals surface area contributed by atoms with E-state index in [1.807, 2.05) is 4.72 Å². The van der Waals surface area contributed by atoms with Gasteiger partial charge in [0.05, 0.1) is 26.9 Å². The molecule has 15 heteroatoms. The fraction of sp³-hybridized carbons (Fsp3) is 0.0476. The minimum Gasteiger partial charge on any atom is -0.388 e. The van der Waals surface area contributed by atoms with Crippen LogP contribution in [-0.2, 0) is 10.0 Å². The second-order valence-corrected chi connectivity index (χ2v) is 11.2. The molecular formula is C21H15Cl2N5O6S2. The highest BCUT2D eigenvalue weighted by Gasteiger charge is 2.22. The van der Waals surface area contributed by atoms with Gasteiger partial charge in [-0.3, -0.25) is 19.5 Å². The van der Waals surface area contributed by atoms with Crippen LogP contribution in [-0.4, -0.2) is 31.0 Å². The van der Waals surface area contributed by atoms with Crippen molar-refractivity contribution in [1.82, 2.24) is 9.29 Å². The number of nitrogens with zero attached hydrogens (tertiary/aromatic N) is 2. The number of halogens is 2. The number of thiophene rings is 1. The summed E-state index contributed by atoms with van der Waals surface area (Å²) in [5, 5.41) is 17.3. The van der Waals surface area contributed by atoms with E-state index in [-0.39, 0.29) is 35.7 Å². The molecule has 2 amide bonds. The fourth-order valence-electron chi connectivity index (χ4n) is 3.31. The predicted molar refractivity (Wildman–Crippen MR) is 139 cm³/mol. The van der Waals surface area contributed by atoms with Crippen molar-refractivity contribution >= 4 is 78.4 Å². The maximum Gasteiger partial charge on any atom is 0.333 e. The number of aromatic nitrogens is 1. The molecule has 0 aliphatic carbocycles. The van der Waals surface area contributed by atoms with Gasteiger partial charge in [0, 0.05) is 24.1 Å². The van der Waals surface area contributed by atoms with Crippen LogP contribution in [0.2, 0.25) is 9.36 Å². The number of rotatable bonds is 6. The van der Waals surface area contributed by atoms with Crippen LogP contribution in [0.4, 0.5) is 21.9 Å². The maximum absolute atomic E-state index is 13.0. The van der Waals surface area contributed by atoms with E-state index in [4.69, 9.17) is 23.2 Å². The molecule has 0 saturated heterocycles. The first kappa shape index (κ1) is 25.4. The molecule has 0 saturated carbocycles. The van der Waals surface area contributed by atoms with Crippen molar-refractivity contribution in [2.45, 2.75) is 4.21 Å². The Balaban J connectivity index is 1.60. The van der Waals surface area contributed by atoms with Crippen molar-refractivity contribution < 1.29 is 18.1 Å². The van der Waals surface area contributed by atoms with Crippen LogP contribution >= 0.6 is 34.5 Å². The quantitative estimate of drug-likeness (QED) is 0.223. The van der Waals surface area contributed by atoms with Gasteiger partial charge < -0.3 is 10.6 Å². The third kappa shape index (κ3) is 4.99. The highest BCUT2D eigenvalue weighted by atomic mass is 35.5. The average Bonchev–Trinajstić information content (AvgIpc) is 3.18. The number of anilines is 2. The summed E-state index contributed by atoms with van der Waals surface area (Å²) in [6.07, 6.45) is 1.13. The first-order chi connectivity index (χ1) is 17.0. The number of amides is 2. The van der Waals surface area contributed by atoms with Gasteiger partial charge in [-0.1, -0.05) is 23.2 Å². The molecular weight excluding hydrogens is 553 g/mol. The fourth-order valence-corrected chi connectivity index (χ4v) is 6.10. The SMILES string of the molecule is CNc1ccc2c(=O)n(-c3ccc(NC(=O)NS(=O)(=O)c4cc(Cl)c(Cl)s4)cc3)cc([N+](=O)[O-])c2c1. The van der Waals surface area contributed by atoms with Crippen molar-refractivity contribution in [3.8, 4) is 5.69 Å². The number of benzene rings is 2. The minimum absolute atomic E-state index is 0.0460. The Morgan fingerprint density at radius 1 is 1.06 bits per heavy atom. The second-order valence-electron chi connectivity index (χ2n) is 7.25. The third-order valence-electron chi connectivity index (χ3n) is 5.00. The van der Waals surface area contributed by atoms with Gasteiger partial charge in [0.25, 0.3) is 21.3 Å². The van der Waals surface area contributed by atoms with Gasteiger partial charge in [-0.15, -0.1) is 11.3 Å². The Hall–Kier alpha value is -3.65. The third-order valence-corrected chi connectivity index (χ3v) is 8.67. The molecule has 186 valence electrons. The molecule has 0 aliphatic heterocycles. The van der Waals surface area contributed by atoms with Crippen LogP contribution in [0.1, 0.15) is 0 Å². The lowest BCUT2D eigenvalue weighted by molar-refractivity contribution is -0.383. The van der Waals surface area contributed by atoms with E-state index in [1.54, 1.807) is 13.1 Å². The molecule has 4 aromatic rings. The van der Waals surface area contributed by atoms with E-state index in [0.717, 1.165) is 16.8 Å². The van der Waals surface area contributed by atoms with Gasteiger partial charge in [-0.25, -0.2) is 17.9 Å². The molecule has 2 aromatic heterocycles. The van der Waals surface area contributed by atoms with Gasteiger partial charge in [-0.05, 0) is 48.5 Å². The molecule has 36 heavy (non-hydrogen) atoms. The predicted octanol–water partition coefficient (Wildman–Crippen LogP) is 4.82. The lowest BCUT2D eigenvalue weighted by Crippen LogP contribution is -2.33. The van der Waals surface area contributed by atoms with Crippen molar-refractivity contribution in [3.05, 3.63) is 84.6 Å². The van der Waals surface area contributed by atoms with E-state index in [1.165, 1.54) is 36.4 Å². The summed E-state index contributed by atoms with van der Waals surface area (Å²) in [6, 6.07) is 10.5. The summed E-state index contributed by atoms with van der Waals surface area (Å²) < 4.78 is 27.5. The van der Waals surface area contributed by atoms with Crippen LogP contribution in [0.25, 0.3) is 16.5 Å². The number of sulfonamides is 1. The molecule has 0 atom stereocenters. The summed E-state index contributed by atoms with van der Waals surface area (Å²) in [4.78, 5) is 36.4. The van der Waals surface area contributed by atoms with E-state index < -0.39 is 26.5 Å². The zero-order valence-corrected chi connectivity index (χ0v) is 21.3. The number of fused-ring (bicyclic) bond motifs is 1. The molecule has 2 heterocycles. The number of hydrogen-bond acceptors (Lipinski definition) is 8. The Bertz CT molecular complexity index is 1660. The van der Waals surface area contributed by atoms with E-state index in [0.29, 0.717) is 22.7 Å². The van der Waals surface area contributed by atoms with Crippen LogP contribution in [0, 0.1) is 10.1 Å². The largest absolute Gasteiger partial charge is 0.388 e. The van der Waals surface area contributed by atoms with Crippen molar-refractivity contribution in [2.24, 2.45) is 0 Å². The molecule has 11 nitrogen and oxygen atoms in total. The van der Waals surface area contributed by atoms with Gasteiger partial charge in [0.1, 0.15) is 8.55 Å². The molecule has 0 radical (unpaired) electrons. The summed E-state index contributed by atoms with van der Waals surface area (Å²) in [6.45, 7) is 0. The lowest BCUT2D eigenvalue weighted by Gasteiger charge is -2.11.